The summed E-state index contributed by atoms with van der Waals surface area (Å²) in [5.74, 6) is 2.06. The molecule has 5 heteroatoms. The summed E-state index contributed by atoms with van der Waals surface area (Å²) in [5, 5.41) is 5.30. The Kier molecular flexibility index (Phi) is 3.88. The molecule has 0 amide bonds. The predicted octanol–water partition coefficient (Wildman–Crippen LogP) is 4.11. The van der Waals surface area contributed by atoms with Crippen LogP contribution in [0.25, 0.3) is 10.9 Å². The minimum atomic E-state index is 0.191. The molecule has 126 valence electrons. The lowest BCUT2D eigenvalue weighted by Crippen LogP contribution is -2.35. The van der Waals surface area contributed by atoms with Crippen LogP contribution in [0.5, 0.6) is 0 Å². The highest BCUT2D eigenvalue weighted by molar-refractivity contribution is 5.85. The number of aromatic amines is 1. The number of rotatable bonds is 3. The van der Waals surface area contributed by atoms with Crippen molar-refractivity contribution in [2.45, 2.75) is 45.6 Å². The molecule has 1 aliphatic heterocycles. The molecular weight excluding hydrogens is 300 g/mol. The van der Waals surface area contributed by atoms with Crippen molar-refractivity contribution in [3.05, 3.63) is 47.2 Å². The maximum Gasteiger partial charge on any atom is 0.243 e. The van der Waals surface area contributed by atoms with E-state index in [1.54, 1.807) is 0 Å². The fourth-order valence-electron chi connectivity index (χ4n) is 4.04. The highest BCUT2D eigenvalue weighted by Gasteiger charge is 2.29. The molecule has 3 aromatic rings. The molecule has 1 fully saturated rings. The maximum atomic E-state index is 5.35. The fraction of sp³-hybridized carbons (Fsp3) is 0.474. The number of aromatic nitrogens is 3. The van der Waals surface area contributed by atoms with Crippen molar-refractivity contribution in [3.8, 4) is 0 Å². The van der Waals surface area contributed by atoms with E-state index in [-0.39, 0.29) is 6.04 Å². The van der Waals surface area contributed by atoms with Crippen LogP contribution < -0.4 is 0 Å². The van der Waals surface area contributed by atoms with Crippen molar-refractivity contribution in [1.29, 1.82) is 0 Å². The first-order valence-electron chi connectivity index (χ1n) is 8.75. The summed E-state index contributed by atoms with van der Waals surface area (Å²) < 4.78 is 5.35. The first-order valence-corrected chi connectivity index (χ1v) is 8.75. The van der Waals surface area contributed by atoms with Crippen molar-refractivity contribution in [2.75, 3.05) is 13.1 Å². The molecule has 2 aromatic heterocycles. The molecule has 1 unspecified atom stereocenters. The third-order valence-electron chi connectivity index (χ3n) is 5.33. The standard InChI is InChI=1S/C19H24N4O/c1-12-18(16-6-4-5-7-17(16)20-12)15-8-10-23(11-9-15)13(2)19-21-14(3)22-24-19/h4-7,13,15,20H,8-11H2,1-3H3. The Labute approximate surface area is 142 Å². The molecule has 3 heterocycles. The summed E-state index contributed by atoms with van der Waals surface area (Å²) >= 11 is 0. The van der Waals surface area contributed by atoms with Gasteiger partial charge < -0.3 is 9.51 Å². The minimum Gasteiger partial charge on any atom is -0.358 e. The molecule has 1 atom stereocenters. The molecule has 0 bridgehead atoms. The van der Waals surface area contributed by atoms with E-state index in [0.29, 0.717) is 11.7 Å². The fourth-order valence-corrected chi connectivity index (χ4v) is 4.04. The first kappa shape index (κ1) is 15.4. The number of H-pyrrole nitrogens is 1. The van der Waals surface area contributed by atoms with Gasteiger partial charge in [0.2, 0.25) is 5.89 Å². The summed E-state index contributed by atoms with van der Waals surface area (Å²) in [5.41, 5.74) is 4.07. The zero-order valence-corrected chi connectivity index (χ0v) is 14.5. The second kappa shape index (κ2) is 6.06. The number of likely N-dealkylation sites (tertiary alicyclic amines) is 1. The highest BCUT2D eigenvalue weighted by Crippen LogP contribution is 2.37. The van der Waals surface area contributed by atoms with E-state index in [0.717, 1.165) is 19.0 Å². The summed E-state index contributed by atoms with van der Waals surface area (Å²) in [7, 11) is 0. The van der Waals surface area contributed by atoms with Gasteiger partial charge in [-0.25, -0.2) is 0 Å². The molecule has 4 rings (SSSR count). The number of para-hydroxylation sites is 1. The number of fused-ring (bicyclic) bond motifs is 1. The van der Waals surface area contributed by atoms with Crippen LogP contribution in [0.15, 0.2) is 28.8 Å². The lowest BCUT2D eigenvalue weighted by Gasteiger charge is -2.34. The Balaban J connectivity index is 1.50. The van der Waals surface area contributed by atoms with Crippen molar-refractivity contribution in [3.63, 3.8) is 0 Å². The molecule has 5 nitrogen and oxygen atoms in total. The number of benzene rings is 1. The first-order chi connectivity index (χ1) is 11.6. The van der Waals surface area contributed by atoms with Gasteiger partial charge in [0.1, 0.15) is 0 Å². The van der Waals surface area contributed by atoms with E-state index in [2.05, 4.69) is 58.1 Å². The van der Waals surface area contributed by atoms with Gasteiger partial charge in [0.05, 0.1) is 6.04 Å². The zero-order chi connectivity index (χ0) is 16.7. The average molecular weight is 324 g/mol. The molecular formula is C19H24N4O. The SMILES string of the molecule is Cc1noc(C(C)N2CCC(c3c(C)[nH]c4ccccc34)CC2)n1. The molecule has 0 saturated carbocycles. The van der Waals surface area contributed by atoms with Crippen molar-refractivity contribution in [2.24, 2.45) is 0 Å². The van der Waals surface area contributed by atoms with Gasteiger partial charge in [0, 0.05) is 16.6 Å². The molecule has 0 aliphatic carbocycles. The van der Waals surface area contributed by atoms with Crippen LogP contribution in [0.4, 0.5) is 0 Å². The Morgan fingerprint density at radius 2 is 1.96 bits per heavy atom. The largest absolute Gasteiger partial charge is 0.358 e. The molecule has 1 saturated heterocycles. The topological polar surface area (TPSA) is 58.0 Å². The minimum absolute atomic E-state index is 0.191. The van der Waals surface area contributed by atoms with Gasteiger partial charge in [0.25, 0.3) is 0 Å². The third-order valence-corrected chi connectivity index (χ3v) is 5.33. The second-order valence-electron chi connectivity index (χ2n) is 6.88. The van der Waals surface area contributed by atoms with Crippen LogP contribution in [0, 0.1) is 13.8 Å². The predicted molar refractivity (Wildman–Crippen MR) is 94.0 cm³/mol. The van der Waals surface area contributed by atoms with E-state index < -0.39 is 0 Å². The number of nitrogens with zero attached hydrogens (tertiary/aromatic N) is 3. The van der Waals surface area contributed by atoms with Crippen LogP contribution in [0.3, 0.4) is 0 Å². The number of piperidine rings is 1. The Morgan fingerprint density at radius 3 is 2.67 bits per heavy atom. The Bertz CT molecular complexity index is 842. The molecule has 24 heavy (non-hydrogen) atoms. The van der Waals surface area contributed by atoms with Crippen molar-refractivity contribution >= 4 is 10.9 Å². The van der Waals surface area contributed by atoms with Crippen LogP contribution in [0.2, 0.25) is 0 Å². The number of aryl methyl sites for hydroxylation is 2. The van der Waals surface area contributed by atoms with Crippen LogP contribution >= 0.6 is 0 Å². The lowest BCUT2D eigenvalue weighted by molar-refractivity contribution is 0.136. The summed E-state index contributed by atoms with van der Waals surface area (Å²) in [6.45, 7) is 8.35. The second-order valence-corrected chi connectivity index (χ2v) is 6.88. The quantitative estimate of drug-likeness (QED) is 0.788. The average Bonchev–Trinajstić information content (AvgIpc) is 3.17. The van der Waals surface area contributed by atoms with E-state index in [9.17, 15) is 0 Å². The monoisotopic (exact) mass is 324 g/mol. The molecule has 0 radical (unpaired) electrons. The van der Waals surface area contributed by atoms with Gasteiger partial charge in [0.15, 0.2) is 5.82 Å². The third kappa shape index (κ3) is 2.63. The Morgan fingerprint density at radius 1 is 1.21 bits per heavy atom. The van der Waals surface area contributed by atoms with Gasteiger partial charge >= 0.3 is 0 Å². The van der Waals surface area contributed by atoms with Gasteiger partial charge in [-0.05, 0) is 64.3 Å². The summed E-state index contributed by atoms with van der Waals surface area (Å²) in [6, 6.07) is 8.83. The molecule has 1 aromatic carbocycles. The zero-order valence-electron chi connectivity index (χ0n) is 14.5. The lowest BCUT2D eigenvalue weighted by atomic mass is 9.87. The van der Waals surface area contributed by atoms with Crippen LogP contribution in [-0.4, -0.2) is 33.1 Å². The molecule has 0 spiro atoms. The number of hydrogen-bond acceptors (Lipinski definition) is 4. The van der Waals surface area contributed by atoms with Gasteiger partial charge in [-0.3, -0.25) is 4.90 Å². The van der Waals surface area contributed by atoms with Gasteiger partial charge in [-0.2, -0.15) is 4.98 Å². The van der Waals surface area contributed by atoms with E-state index in [1.807, 2.05) is 6.92 Å². The van der Waals surface area contributed by atoms with Crippen molar-refractivity contribution < 1.29 is 4.52 Å². The van der Waals surface area contributed by atoms with Crippen molar-refractivity contribution in [1.82, 2.24) is 20.0 Å². The van der Waals surface area contributed by atoms with E-state index >= 15 is 0 Å². The smallest absolute Gasteiger partial charge is 0.243 e. The normalized spacial score (nSPS) is 18.3. The molecule has 1 aliphatic rings. The van der Waals surface area contributed by atoms with Gasteiger partial charge in [-0.1, -0.05) is 23.4 Å². The van der Waals surface area contributed by atoms with E-state index in [4.69, 9.17) is 4.52 Å². The maximum absolute atomic E-state index is 5.35. The molecule has 1 N–H and O–H groups in total. The van der Waals surface area contributed by atoms with Crippen LogP contribution in [0.1, 0.15) is 54.7 Å². The van der Waals surface area contributed by atoms with Gasteiger partial charge in [-0.15, -0.1) is 0 Å². The Hall–Kier alpha value is -2.14. The van der Waals surface area contributed by atoms with E-state index in [1.165, 1.54) is 35.0 Å². The van der Waals surface area contributed by atoms with Crippen LogP contribution in [-0.2, 0) is 0 Å². The highest BCUT2D eigenvalue weighted by atomic mass is 16.5. The number of hydrogen-bond donors (Lipinski definition) is 1. The summed E-state index contributed by atoms with van der Waals surface area (Å²) in [6.07, 6.45) is 2.33. The number of nitrogens with one attached hydrogen (secondary N) is 1. The summed E-state index contributed by atoms with van der Waals surface area (Å²) in [4.78, 5) is 10.4.